The van der Waals surface area contributed by atoms with E-state index in [0.717, 1.165) is 5.56 Å². The van der Waals surface area contributed by atoms with Crippen LogP contribution in [-0.2, 0) is 11.3 Å². The summed E-state index contributed by atoms with van der Waals surface area (Å²) in [5.41, 5.74) is 0.951. The summed E-state index contributed by atoms with van der Waals surface area (Å²) >= 11 is 0. The number of hydrogen-bond acceptors (Lipinski definition) is 3. The van der Waals surface area contributed by atoms with Gasteiger partial charge in [-0.05, 0) is 12.6 Å². The molecule has 0 aromatic heterocycles. The molecule has 0 spiro atoms. The standard InChI is InChI=1S/C14H19FN2O2/c1-16-7-8-17(10-13(16)9-15)14(18)19-11-12-5-3-2-4-6-12/h2-6,13H,7-11H2,1H3. The van der Waals surface area contributed by atoms with Gasteiger partial charge < -0.3 is 9.64 Å². The van der Waals surface area contributed by atoms with Crippen molar-refractivity contribution in [1.29, 1.82) is 0 Å². The molecule has 5 heteroatoms. The van der Waals surface area contributed by atoms with E-state index >= 15 is 0 Å². The zero-order chi connectivity index (χ0) is 13.7. The number of piperazine rings is 1. The number of ether oxygens (including phenoxy) is 1. The van der Waals surface area contributed by atoms with Crippen LogP contribution in [0, 0.1) is 0 Å². The molecule has 1 atom stereocenters. The van der Waals surface area contributed by atoms with Gasteiger partial charge in [-0.25, -0.2) is 9.18 Å². The first-order valence-electron chi connectivity index (χ1n) is 6.42. The second kappa shape index (κ2) is 6.52. The summed E-state index contributed by atoms with van der Waals surface area (Å²) in [5.74, 6) is 0. The van der Waals surface area contributed by atoms with E-state index in [4.69, 9.17) is 4.74 Å². The highest BCUT2D eigenvalue weighted by atomic mass is 19.1. The molecule has 1 saturated heterocycles. The SMILES string of the molecule is CN1CCN(C(=O)OCc2ccccc2)CC1CF. The molecule has 1 aliphatic rings. The summed E-state index contributed by atoms with van der Waals surface area (Å²) < 4.78 is 18.0. The van der Waals surface area contributed by atoms with Gasteiger partial charge in [0.2, 0.25) is 0 Å². The van der Waals surface area contributed by atoms with Crippen molar-refractivity contribution in [3.05, 3.63) is 35.9 Å². The average molecular weight is 266 g/mol. The number of rotatable bonds is 3. The Hall–Kier alpha value is -1.62. The Balaban J connectivity index is 1.83. The predicted molar refractivity (Wildman–Crippen MR) is 70.6 cm³/mol. The summed E-state index contributed by atoms with van der Waals surface area (Å²) in [7, 11) is 1.87. The maximum atomic E-state index is 12.8. The van der Waals surface area contributed by atoms with E-state index in [2.05, 4.69) is 0 Å². The van der Waals surface area contributed by atoms with Crippen molar-refractivity contribution in [2.24, 2.45) is 0 Å². The molecule has 1 aromatic rings. The van der Waals surface area contributed by atoms with Gasteiger partial charge in [0.05, 0.1) is 6.04 Å². The number of amides is 1. The molecule has 1 fully saturated rings. The van der Waals surface area contributed by atoms with Crippen LogP contribution in [0.3, 0.4) is 0 Å². The number of likely N-dealkylation sites (N-methyl/N-ethyl adjacent to an activating group) is 1. The number of alkyl halides is 1. The lowest BCUT2D eigenvalue weighted by Gasteiger charge is -2.37. The monoisotopic (exact) mass is 266 g/mol. The number of carbonyl (C=O) groups is 1. The van der Waals surface area contributed by atoms with Crippen LogP contribution in [0.5, 0.6) is 0 Å². The van der Waals surface area contributed by atoms with Crippen molar-refractivity contribution < 1.29 is 13.9 Å². The lowest BCUT2D eigenvalue weighted by molar-refractivity contribution is 0.0502. The second-order valence-electron chi connectivity index (χ2n) is 4.77. The van der Waals surface area contributed by atoms with Gasteiger partial charge in [-0.3, -0.25) is 4.90 Å². The third kappa shape index (κ3) is 3.67. The Kier molecular flexibility index (Phi) is 4.74. The first-order valence-corrected chi connectivity index (χ1v) is 6.42. The van der Waals surface area contributed by atoms with Crippen molar-refractivity contribution in [3.8, 4) is 0 Å². The van der Waals surface area contributed by atoms with Crippen molar-refractivity contribution >= 4 is 6.09 Å². The molecule has 0 aliphatic carbocycles. The van der Waals surface area contributed by atoms with E-state index in [1.807, 2.05) is 42.3 Å². The van der Waals surface area contributed by atoms with Crippen LogP contribution in [0.2, 0.25) is 0 Å². The summed E-state index contributed by atoms with van der Waals surface area (Å²) in [6, 6.07) is 9.30. The lowest BCUT2D eigenvalue weighted by Crippen LogP contribution is -2.54. The molecule has 4 nitrogen and oxygen atoms in total. The van der Waals surface area contributed by atoms with Gasteiger partial charge in [-0.2, -0.15) is 0 Å². The molecule has 1 unspecified atom stereocenters. The first-order chi connectivity index (χ1) is 9.20. The molecule has 0 bridgehead atoms. The minimum absolute atomic E-state index is 0.224. The number of hydrogen-bond donors (Lipinski definition) is 0. The summed E-state index contributed by atoms with van der Waals surface area (Å²) in [6.07, 6.45) is -0.365. The van der Waals surface area contributed by atoms with Crippen LogP contribution >= 0.6 is 0 Å². The molecule has 104 valence electrons. The topological polar surface area (TPSA) is 32.8 Å². The van der Waals surface area contributed by atoms with Crippen LogP contribution in [-0.4, -0.2) is 55.3 Å². The van der Waals surface area contributed by atoms with E-state index in [9.17, 15) is 9.18 Å². The Bertz CT molecular complexity index is 413. The molecule has 1 aromatic carbocycles. The van der Waals surface area contributed by atoms with Gasteiger partial charge in [-0.15, -0.1) is 0 Å². The fourth-order valence-electron chi connectivity index (χ4n) is 2.09. The van der Waals surface area contributed by atoms with Crippen LogP contribution < -0.4 is 0 Å². The largest absolute Gasteiger partial charge is 0.445 e. The number of halogens is 1. The number of carbonyl (C=O) groups excluding carboxylic acids is 1. The molecular formula is C14H19FN2O2. The van der Waals surface area contributed by atoms with Gasteiger partial charge >= 0.3 is 6.09 Å². The normalized spacial score (nSPS) is 20.3. The quantitative estimate of drug-likeness (QED) is 0.838. The third-order valence-electron chi connectivity index (χ3n) is 3.42. The van der Waals surface area contributed by atoms with E-state index in [1.54, 1.807) is 4.90 Å². The van der Waals surface area contributed by atoms with E-state index in [0.29, 0.717) is 19.6 Å². The highest BCUT2D eigenvalue weighted by molar-refractivity contribution is 5.67. The zero-order valence-corrected chi connectivity index (χ0v) is 11.1. The summed E-state index contributed by atoms with van der Waals surface area (Å²) in [5, 5.41) is 0. The van der Waals surface area contributed by atoms with Crippen molar-refractivity contribution in [3.63, 3.8) is 0 Å². The molecule has 0 N–H and O–H groups in total. The van der Waals surface area contributed by atoms with Gasteiger partial charge in [0, 0.05) is 19.6 Å². The van der Waals surface area contributed by atoms with E-state index in [-0.39, 0.29) is 18.7 Å². The van der Waals surface area contributed by atoms with Crippen LogP contribution in [0.15, 0.2) is 30.3 Å². The Morgan fingerprint density at radius 2 is 2.11 bits per heavy atom. The van der Waals surface area contributed by atoms with Crippen molar-refractivity contribution in [1.82, 2.24) is 9.80 Å². The first kappa shape index (κ1) is 13.8. The predicted octanol–water partition coefficient (Wildman–Crippen LogP) is 1.91. The minimum Gasteiger partial charge on any atom is -0.445 e. The zero-order valence-electron chi connectivity index (χ0n) is 11.1. The highest BCUT2D eigenvalue weighted by Gasteiger charge is 2.27. The molecule has 1 amide bonds. The molecule has 0 saturated carbocycles. The Morgan fingerprint density at radius 3 is 2.79 bits per heavy atom. The Labute approximate surface area is 112 Å². The van der Waals surface area contributed by atoms with Crippen LogP contribution in [0.1, 0.15) is 5.56 Å². The van der Waals surface area contributed by atoms with Gasteiger partial charge in [0.1, 0.15) is 13.3 Å². The van der Waals surface area contributed by atoms with Crippen LogP contribution in [0.25, 0.3) is 0 Å². The molecule has 19 heavy (non-hydrogen) atoms. The van der Waals surface area contributed by atoms with Gasteiger partial charge in [0.15, 0.2) is 0 Å². The molecule has 0 radical (unpaired) electrons. The smallest absolute Gasteiger partial charge is 0.410 e. The fourth-order valence-corrected chi connectivity index (χ4v) is 2.09. The van der Waals surface area contributed by atoms with Crippen LogP contribution in [0.4, 0.5) is 9.18 Å². The third-order valence-corrected chi connectivity index (χ3v) is 3.42. The van der Waals surface area contributed by atoms with Crippen molar-refractivity contribution in [2.45, 2.75) is 12.6 Å². The second-order valence-corrected chi connectivity index (χ2v) is 4.77. The molecular weight excluding hydrogens is 247 g/mol. The fraction of sp³-hybridized carbons (Fsp3) is 0.500. The molecule has 1 heterocycles. The van der Waals surface area contributed by atoms with Gasteiger partial charge in [0.25, 0.3) is 0 Å². The average Bonchev–Trinajstić information content (AvgIpc) is 2.46. The maximum absolute atomic E-state index is 12.8. The highest BCUT2D eigenvalue weighted by Crippen LogP contribution is 2.10. The summed E-state index contributed by atoms with van der Waals surface area (Å²) in [6.45, 7) is 1.46. The Morgan fingerprint density at radius 1 is 1.37 bits per heavy atom. The van der Waals surface area contributed by atoms with E-state index in [1.165, 1.54) is 0 Å². The van der Waals surface area contributed by atoms with E-state index < -0.39 is 6.67 Å². The molecule has 1 aliphatic heterocycles. The van der Waals surface area contributed by atoms with Crippen molar-refractivity contribution in [2.75, 3.05) is 33.4 Å². The minimum atomic E-state index is -0.445. The molecule has 2 rings (SSSR count). The summed E-state index contributed by atoms with van der Waals surface area (Å²) in [4.78, 5) is 15.4. The number of benzene rings is 1. The lowest BCUT2D eigenvalue weighted by atomic mass is 10.2. The van der Waals surface area contributed by atoms with Gasteiger partial charge in [-0.1, -0.05) is 30.3 Å². The number of nitrogens with zero attached hydrogens (tertiary/aromatic N) is 2. The maximum Gasteiger partial charge on any atom is 0.410 e.